The van der Waals surface area contributed by atoms with Crippen LogP contribution in [0.25, 0.3) is 0 Å². The third kappa shape index (κ3) is 2.75. The lowest BCUT2D eigenvalue weighted by Crippen LogP contribution is -2.34. The highest BCUT2D eigenvalue weighted by molar-refractivity contribution is 4.86. The highest BCUT2D eigenvalue weighted by Gasteiger charge is 2.34. The zero-order valence-corrected chi connectivity index (χ0v) is 10.5. The van der Waals surface area contributed by atoms with Crippen LogP contribution in [-0.2, 0) is 0 Å². The van der Waals surface area contributed by atoms with Gasteiger partial charge in [-0.05, 0) is 50.1 Å². The molecule has 0 heterocycles. The van der Waals surface area contributed by atoms with Gasteiger partial charge in [-0.1, -0.05) is 39.0 Å². The minimum atomic E-state index is 0.981. The van der Waals surface area contributed by atoms with Crippen LogP contribution >= 0.6 is 0 Å². The fraction of sp³-hybridized carbons (Fsp3) is 1.00. The SMILES string of the molecule is CNCC1CCC(C)CC1C1CCCC1. The first kappa shape index (κ1) is 11.4. The molecule has 0 radical (unpaired) electrons. The summed E-state index contributed by atoms with van der Waals surface area (Å²) < 4.78 is 0. The molecule has 0 bridgehead atoms. The smallest absolute Gasteiger partial charge is 0.00208 e. The molecule has 3 unspecified atom stereocenters. The van der Waals surface area contributed by atoms with Gasteiger partial charge in [-0.3, -0.25) is 0 Å². The van der Waals surface area contributed by atoms with Crippen LogP contribution in [0, 0.1) is 23.7 Å². The van der Waals surface area contributed by atoms with Crippen molar-refractivity contribution in [3.05, 3.63) is 0 Å². The third-order valence-electron chi connectivity index (χ3n) is 4.78. The fourth-order valence-electron chi connectivity index (χ4n) is 3.97. The molecule has 1 nitrogen and oxygen atoms in total. The number of rotatable bonds is 3. The molecule has 0 aromatic carbocycles. The van der Waals surface area contributed by atoms with Crippen molar-refractivity contribution in [2.75, 3.05) is 13.6 Å². The third-order valence-corrected chi connectivity index (χ3v) is 4.78. The Morgan fingerprint density at radius 2 is 1.80 bits per heavy atom. The first-order valence-electron chi connectivity index (χ1n) is 6.96. The van der Waals surface area contributed by atoms with Crippen molar-refractivity contribution in [1.82, 2.24) is 5.32 Å². The van der Waals surface area contributed by atoms with E-state index in [1.807, 2.05) is 0 Å². The van der Waals surface area contributed by atoms with Gasteiger partial charge in [0.25, 0.3) is 0 Å². The van der Waals surface area contributed by atoms with Gasteiger partial charge < -0.3 is 5.32 Å². The second kappa shape index (κ2) is 5.34. The summed E-state index contributed by atoms with van der Waals surface area (Å²) in [7, 11) is 2.11. The Balaban J connectivity index is 1.95. The molecule has 0 saturated heterocycles. The molecular formula is C14H27N. The summed E-state index contributed by atoms with van der Waals surface area (Å²) in [4.78, 5) is 0. The van der Waals surface area contributed by atoms with Gasteiger partial charge in [-0.15, -0.1) is 0 Å². The number of hydrogen-bond acceptors (Lipinski definition) is 1. The molecule has 0 spiro atoms. The van der Waals surface area contributed by atoms with E-state index < -0.39 is 0 Å². The molecule has 2 saturated carbocycles. The predicted octanol–water partition coefficient (Wildman–Crippen LogP) is 3.45. The Morgan fingerprint density at radius 1 is 1.07 bits per heavy atom. The quantitative estimate of drug-likeness (QED) is 0.750. The molecule has 0 aromatic rings. The zero-order valence-electron chi connectivity index (χ0n) is 10.5. The van der Waals surface area contributed by atoms with Gasteiger partial charge >= 0.3 is 0 Å². The fourth-order valence-corrected chi connectivity index (χ4v) is 3.97. The molecule has 0 aliphatic heterocycles. The summed E-state index contributed by atoms with van der Waals surface area (Å²) in [5.41, 5.74) is 0. The summed E-state index contributed by atoms with van der Waals surface area (Å²) in [6, 6.07) is 0. The second-order valence-corrected chi connectivity index (χ2v) is 5.94. The van der Waals surface area contributed by atoms with E-state index in [2.05, 4.69) is 19.3 Å². The lowest BCUT2D eigenvalue weighted by molar-refractivity contribution is 0.128. The largest absolute Gasteiger partial charge is 0.319 e. The highest BCUT2D eigenvalue weighted by atomic mass is 14.8. The minimum absolute atomic E-state index is 0.981. The van der Waals surface area contributed by atoms with Crippen molar-refractivity contribution in [1.29, 1.82) is 0 Å². The molecule has 1 N–H and O–H groups in total. The molecule has 2 rings (SSSR count). The maximum absolute atomic E-state index is 3.41. The van der Waals surface area contributed by atoms with Crippen LogP contribution in [0.4, 0.5) is 0 Å². The van der Waals surface area contributed by atoms with Crippen LogP contribution in [0.2, 0.25) is 0 Å². The van der Waals surface area contributed by atoms with Crippen LogP contribution < -0.4 is 5.32 Å². The monoisotopic (exact) mass is 209 g/mol. The Bertz CT molecular complexity index is 184. The topological polar surface area (TPSA) is 12.0 Å². The Kier molecular flexibility index (Phi) is 4.07. The van der Waals surface area contributed by atoms with Gasteiger partial charge in [0.2, 0.25) is 0 Å². The maximum Gasteiger partial charge on any atom is -0.00208 e. The predicted molar refractivity (Wildman–Crippen MR) is 65.9 cm³/mol. The molecule has 2 fully saturated rings. The van der Waals surface area contributed by atoms with Gasteiger partial charge in [0.05, 0.1) is 0 Å². The van der Waals surface area contributed by atoms with Crippen LogP contribution in [-0.4, -0.2) is 13.6 Å². The van der Waals surface area contributed by atoms with Crippen LogP contribution in [0.15, 0.2) is 0 Å². The number of hydrogen-bond donors (Lipinski definition) is 1. The highest BCUT2D eigenvalue weighted by Crippen LogP contribution is 2.43. The van der Waals surface area contributed by atoms with E-state index in [1.54, 1.807) is 0 Å². The minimum Gasteiger partial charge on any atom is -0.319 e. The molecule has 15 heavy (non-hydrogen) atoms. The Morgan fingerprint density at radius 3 is 2.47 bits per heavy atom. The van der Waals surface area contributed by atoms with Gasteiger partial charge in [0.15, 0.2) is 0 Å². The summed E-state index contributed by atoms with van der Waals surface area (Å²) in [6.07, 6.45) is 10.5. The second-order valence-electron chi connectivity index (χ2n) is 5.94. The van der Waals surface area contributed by atoms with Gasteiger partial charge in [-0.25, -0.2) is 0 Å². The van der Waals surface area contributed by atoms with Crippen LogP contribution in [0.5, 0.6) is 0 Å². The van der Waals surface area contributed by atoms with Crippen LogP contribution in [0.3, 0.4) is 0 Å². The maximum atomic E-state index is 3.41. The lowest BCUT2D eigenvalue weighted by Gasteiger charge is -2.38. The van der Waals surface area contributed by atoms with Crippen molar-refractivity contribution < 1.29 is 0 Å². The van der Waals surface area contributed by atoms with E-state index >= 15 is 0 Å². The van der Waals surface area contributed by atoms with E-state index in [9.17, 15) is 0 Å². The Hall–Kier alpha value is -0.0400. The van der Waals surface area contributed by atoms with Crippen molar-refractivity contribution >= 4 is 0 Å². The molecule has 3 atom stereocenters. The van der Waals surface area contributed by atoms with Crippen molar-refractivity contribution in [2.24, 2.45) is 23.7 Å². The number of nitrogens with one attached hydrogen (secondary N) is 1. The van der Waals surface area contributed by atoms with E-state index in [0.29, 0.717) is 0 Å². The lowest BCUT2D eigenvalue weighted by atomic mass is 9.68. The molecule has 88 valence electrons. The van der Waals surface area contributed by atoms with Gasteiger partial charge in [0, 0.05) is 0 Å². The molecular weight excluding hydrogens is 182 g/mol. The van der Waals surface area contributed by atoms with Gasteiger partial charge in [0.1, 0.15) is 0 Å². The summed E-state index contributed by atoms with van der Waals surface area (Å²) in [5, 5.41) is 3.41. The first-order valence-corrected chi connectivity index (χ1v) is 6.96. The standard InChI is InChI=1S/C14H27N/c1-11-7-8-13(10-15-2)14(9-11)12-5-3-4-6-12/h11-15H,3-10H2,1-2H3. The van der Waals surface area contributed by atoms with E-state index in [-0.39, 0.29) is 0 Å². The molecule has 2 aliphatic rings. The molecule has 2 aliphatic carbocycles. The van der Waals surface area contributed by atoms with E-state index in [1.165, 1.54) is 51.5 Å². The van der Waals surface area contributed by atoms with Crippen molar-refractivity contribution in [3.63, 3.8) is 0 Å². The van der Waals surface area contributed by atoms with E-state index in [0.717, 1.165) is 23.7 Å². The molecule has 0 aromatic heterocycles. The van der Waals surface area contributed by atoms with Crippen molar-refractivity contribution in [2.45, 2.75) is 51.9 Å². The summed E-state index contributed by atoms with van der Waals surface area (Å²) >= 11 is 0. The molecule has 0 amide bonds. The van der Waals surface area contributed by atoms with Crippen LogP contribution in [0.1, 0.15) is 51.9 Å². The van der Waals surface area contributed by atoms with Gasteiger partial charge in [-0.2, -0.15) is 0 Å². The first-order chi connectivity index (χ1) is 7.31. The molecule has 1 heteroatoms. The van der Waals surface area contributed by atoms with E-state index in [4.69, 9.17) is 0 Å². The summed E-state index contributed by atoms with van der Waals surface area (Å²) in [6.45, 7) is 3.71. The average molecular weight is 209 g/mol. The Labute approximate surface area is 95.0 Å². The van der Waals surface area contributed by atoms with Crippen molar-refractivity contribution in [3.8, 4) is 0 Å². The normalized spacial score (nSPS) is 38.4. The average Bonchev–Trinajstić information content (AvgIpc) is 2.74. The zero-order chi connectivity index (χ0) is 10.7. The summed E-state index contributed by atoms with van der Waals surface area (Å²) in [5.74, 6) is 4.09.